The summed E-state index contributed by atoms with van der Waals surface area (Å²) in [4.78, 5) is 11.1. The summed E-state index contributed by atoms with van der Waals surface area (Å²) in [6, 6.07) is 3.22. The van der Waals surface area contributed by atoms with Crippen LogP contribution in [0.2, 0.25) is 5.02 Å². The summed E-state index contributed by atoms with van der Waals surface area (Å²) < 4.78 is 1.38. The maximum Gasteiger partial charge on any atom is 0.270 e. The monoisotopic (exact) mass is 167 g/mol. The van der Waals surface area contributed by atoms with E-state index in [9.17, 15) is 4.79 Å². The second-order valence-corrected chi connectivity index (χ2v) is 2.40. The molecule has 0 bridgehead atoms. The Morgan fingerprint density at radius 2 is 2.45 bits per heavy atom. The van der Waals surface area contributed by atoms with E-state index in [1.807, 2.05) is 0 Å². The molecule has 0 aliphatic rings. The fourth-order valence-corrected chi connectivity index (χ4v) is 0.912. The molecule has 0 unspecified atom stereocenters. The van der Waals surface area contributed by atoms with Gasteiger partial charge < -0.3 is 4.57 Å². The molecule has 0 aliphatic carbocycles. The molecule has 1 aromatic rings. The molecule has 0 saturated heterocycles. The molecular weight excluding hydrogens is 162 g/mol. The third-order valence-corrected chi connectivity index (χ3v) is 1.52. The predicted octanol–water partition coefficient (Wildman–Crippen LogP) is 1.13. The summed E-state index contributed by atoms with van der Waals surface area (Å²) in [6.45, 7) is 0.263. The van der Waals surface area contributed by atoms with Gasteiger partial charge in [0.25, 0.3) is 5.56 Å². The molecule has 0 spiro atoms. The fourth-order valence-electron chi connectivity index (χ4n) is 0.730. The molecule has 0 fully saturated rings. The van der Waals surface area contributed by atoms with Crippen LogP contribution in [0.15, 0.2) is 23.1 Å². The van der Waals surface area contributed by atoms with Crippen molar-refractivity contribution in [2.75, 3.05) is 0 Å². The van der Waals surface area contributed by atoms with E-state index in [0.29, 0.717) is 0 Å². The van der Waals surface area contributed by atoms with Crippen LogP contribution in [0.4, 0.5) is 0 Å². The smallest absolute Gasteiger partial charge is 0.270 e. The number of hydrogen-bond acceptors (Lipinski definition) is 1. The Morgan fingerprint density at radius 3 is 3.09 bits per heavy atom. The lowest BCUT2D eigenvalue weighted by molar-refractivity contribution is 0.797. The quantitative estimate of drug-likeness (QED) is 0.575. The van der Waals surface area contributed by atoms with Crippen molar-refractivity contribution in [2.45, 2.75) is 6.54 Å². The number of pyridine rings is 1. The summed E-state index contributed by atoms with van der Waals surface area (Å²) in [5.41, 5.74) is -0.243. The molecule has 11 heavy (non-hydrogen) atoms. The first-order valence-corrected chi connectivity index (χ1v) is 3.42. The maximum atomic E-state index is 11.1. The number of nitrogens with zero attached hydrogens (tertiary/aromatic N) is 1. The SMILES string of the molecule is C#CCn1cccc(Cl)c1=O. The van der Waals surface area contributed by atoms with Crippen molar-refractivity contribution in [1.82, 2.24) is 4.57 Å². The van der Waals surface area contributed by atoms with Gasteiger partial charge in [0, 0.05) is 6.20 Å². The summed E-state index contributed by atoms with van der Waals surface area (Å²) >= 11 is 5.55. The van der Waals surface area contributed by atoms with Crippen LogP contribution < -0.4 is 5.56 Å². The van der Waals surface area contributed by atoms with Crippen LogP contribution in [0.1, 0.15) is 0 Å². The van der Waals surface area contributed by atoms with Crippen LogP contribution in [0.25, 0.3) is 0 Å². The Balaban J connectivity index is 3.20. The third kappa shape index (κ3) is 1.63. The lowest BCUT2D eigenvalue weighted by Crippen LogP contribution is -2.18. The molecule has 1 rings (SSSR count). The summed E-state index contributed by atoms with van der Waals surface area (Å²) in [5, 5.41) is 0.197. The molecule has 0 radical (unpaired) electrons. The Hall–Kier alpha value is -1.20. The minimum absolute atomic E-state index is 0.197. The first kappa shape index (κ1) is 7.90. The Kier molecular flexibility index (Phi) is 2.35. The van der Waals surface area contributed by atoms with Gasteiger partial charge >= 0.3 is 0 Å². The third-order valence-electron chi connectivity index (χ3n) is 1.24. The van der Waals surface area contributed by atoms with E-state index in [1.54, 1.807) is 12.3 Å². The second kappa shape index (κ2) is 3.27. The van der Waals surface area contributed by atoms with Gasteiger partial charge in [-0.1, -0.05) is 17.5 Å². The highest BCUT2D eigenvalue weighted by Gasteiger charge is 1.96. The minimum Gasteiger partial charge on any atom is -0.303 e. The molecule has 2 nitrogen and oxygen atoms in total. The van der Waals surface area contributed by atoms with Gasteiger partial charge in [-0.2, -0.15) is 0 Å². The molecule has 0 aromatic carbocycles. The van der Waals surface area contributed by atoms with Gasteiger partial charge in [0.1, 0.15) is 5.02 Å². The van der Waals surface area contributed by atoms with Gasteiger partial charge in [0.2, 0.25) is 0 Å². The molecule has 0 saturated carbocycles. The average molecular weight is 168 g/mol. The lowest BCUT2D eigenvalue weighted by Gasteiger charge is -1.98. The zero-order valence-corrected chi connectivity index (χ0v) is 6.51. The predicted molar refractivity (Wildman–Crippen MR) is 44.5 cm³/mol. The molecule has 0 N–H and O–H groups in total. The number of terminal acetylenes is 1. The van der Waals surface area contributed by atoms with Crippen molar-refractivity contribution in [3.63, 3.8) is 0 Å². The zero-order chi connectivity index (χ0) is 8.27. The van der Waals surface area contributed by atoms with Crippen molar-refractivity contribution in [3.8, 4) is 12.3 Å². The number of rotatable bonds is 1. The first-order chi connectivity index (χ1) is 5.25. The Bertz CT molecular complexity index is 348. The van der Waals surface area contributed by atoms with E-state index in [4.69, 9.17) is 18.0 Å². The highest BCUT2D eigenvalue weighted by atomic mass is 35.5. The first-order valence-electron chi connectivity index (χ1n) is 3.04. The standard InChI is InChI=1S/C8H6ClNO/c1-2-5-10-6-3-4-7(9)8(10)11/h1,3-4,6H,5H2. The van der Waals surface area contributed by atoms with E-state index < -0.39 is 0 Å². The second-order valence-electron chi connectivity index (χ2n) is 1.99. The van der Waals surface area contributed by atoms with E-state index in [2.05, 4.69) is 5.92 Å². The summed E-state index contributed by atoms with van der Waals surface area (Å²) in [7, 11) is 0. The normalized spacial score (nSPS) is 9.09. The van der Waals surface area contributed by atoms with Gasteiger partial charge in [-0.15, -0.1) is 6.42 Å². The number of aromatic nitrogens is 1. The van der Waals surface area contributed by atoms with Gasteiger partial charge in [-0.25, -0.2) is 0 Å². The molecule has 56 valence electrons. The maximum absolute atomic E-state index is 11.1. The van der Waals surface area contributed by atoms with Gasteiger partial charge in [0.15, 0.2) is 0 Å². The molecule has 3 heteroatoms. The van der Waals surface area contributed by atoms with Gasteiger partial charge in [-0.3, -0.25) is 4.79 Å². The van der Waals surface area contributed by atoms with E-state index >= 15 is 0 Å². The van der Waals surface area contributed by atoms with Crippen LogP contribution in [0.5, 0.6) is 0 Å². The average Bonchev–Trinajstić information content (AvgIpc) is 1.99. The van der Waals surface area contributed by atoms with Crippen molar-refractivity contribution in [2.24, 2.45) is 0 Å². The molecule has 0 atom stereocenters. The minimum atomic E-state index is -0.243. The molecule has 0 amide bonds. The Labute approximate surface area is 69.4 Å². The lowest BCUT2D eigenvalue weighted by atomic mass is 10.4. The molecule has 1 heterocycles. The fraction of sp³-hybridized carbons (Fsp3) is 0.125. The summed E-state index contributed by atoms with van der Waals surface area (Å²) in [6.07, 6.45) is 6.63. The van der Waals surface area contributed by atoms with Crippen molar-refractivity contribution >= 4 is 11.6 Å². The van der Waals surface area contributed by atoms with E-state index in [1.165, 1.54) is 10.6 Å². The van der Waals surface area contributed by atoms with Crippen molar-refractivity contribution in [1.29, 1.82) is 0 Å². The number of hydrogen-bond donors (Lipinski definition) is 0. The highest BCUT2D eigenvalue weighted by Crippen LogP contribution is 1.97. The van der Waals surface area contributed by atoms with Crippen LogP contribution in [-0.2, 0) is 6.54 Å². The van der Waals surface area contributed by atoms with Crippen LogP contribution in [0, 0.1) is 12.3 Å². The van der Waals surface area contributed by atoms with E-state index in [-0.39, 0.29) is 17.1 Å². The van der Waals surface area contributed by atoms with Crippen LogP contribution in [-0.4, -0.2) is 4.57 Å². The topological polar surface area (TPSA) is 22.0 Å². The van der Waals surface area contributed by atoms with E-state index in [0.717, 1.165) is 0 Å². The Morgan fingerprint density at radius 1 is 1.73 bits per heavy atom. The van der Waals surface area contributed by atoms with Gasteiger partial charge in [-0.05, 0) is 12.1 Å². The van der Waals surface area contributed by atoms with Crippen molar-refractivity contribution < 1.29 is 0 Å². The largest absolute Gasteiger partial charge is 0.303 e. The van der Waals surface area contributed by atoms with Crippen LogP contribution in [0.3, 0.4) is 0 Å². The highest BCUT2D eigenvalue weighted by molar-refractivity contribution is 6.30. The zero-order valence-electron chi connectivity index (χ0n) is 5.75. The number of halogens is 1. The molecule has 1 aromatic heterocycles. The summed E-state index contributed by atoms with van der Waals surface area (Å²) in [5.74, 6) is 2.36. The van der Waals surface area contributed by atoms with Crippen LogP contribution >= 0.6 is 11.6 Å². The van der Waals surface area contributed by atoms with Crippen molar-refractivity contribution in [3.05, 3.63) is 33.7 Å². The molecular formula is C8H6ClNO. The molecule has 0 aliphatic heterocycles. The van der Waals surface area contributed by atoms with Gasteiger partial charge in [0.05, 0.1) is 6.54 Å².